The van der Waals surface area contributed by atoms with Crippen LogP contribution in [0.4, 0.5) is 5.00 Å². The summed E-state index contributed by atoms with van der Waals surface area (Å²) in [5.41, 5.74) is 1.41. The standard InChI is InChI=1S/C14H17N3O3S/c1-9-12(13(15-2)21-16-9)14(18)17-5-7-20-11(8-17)10-4-3-6-19-10/h3-4,6,11,15H,5,7-8H2,1-2H3. The number of ether oxygens (including phenoxy) is 1. The van der Waals surface area contributed by atoms with Crippen molar-refractivity contribution in [3.05, 3.63) is 35.4 Å². The molecular formula is C14H17N3O3S. The minimum Gasteiger partial charge on any atom is -0.467 e. The molecule has 0 aromatic carbocycles. The number of nitrogens with zero attached hydrogens (tertiary/aromatic N) is 2. The van der Waals surface area contributed by atoms with Crippen LogP contribution in [0.25, 0.3) is 0 Å². The Morgan fingerprint density at radius 2 is 2.43 bits per heavy atom. The number of carbonyl (C=O) groups is 1. The maximum atomic E-state index is 12.7. The molecule has 1 saturated heterocycles. The molecule has 6 nitrogen and oxygen atoms in total. The second kappa shape index (κ2) is 5.87. The quantitative estimate of drug-likeness (QED) is 0.942. The molecule has 2 aromatic rings. The molecule has 3 heterocycles. The van der Waals surface area contributed by atoms with Gasteiger partial charge in [-0.3, -0.25) is 4.79 Å². The Kier molecular flexibility index (Phi) is 3.94. The Bertz CT molecular complexity index is 623. The fraction of sp³-hybridized carbons (Fsp3) is 0.429. The van der Waals surface area contributed by atoms with Gasteiger partial charge in [0.1, 0.15) is 16.9 Å². The van der Waals surface area contributed by atoms with Crippen molar-refractivity contribution >= 4 is 22.4 Å². The Morgan fingerprint density at radius 1 is 1.57 bits per heavy atom. The van der Waals surface area contributed by atoms with Gasteiger partial charge in [-0.25, -0.2) is 0 Å². The van der Waals surface area contributed by atoms with Crippen molar-refractivity contribution in [3.63, 3.8) is 0 Å². The van der Waals surface area contributed by atoms with Crippen molar-refractivity contribution in [2.45, 2.75) is 13.0 Å². The van der Waals surface area contributed by atoms with Crippen LogP contribution in [0.5, 0.6) is 0 Å². The van der Waals surface area contributed by atoms with Gasteiger partial charge in [-0.1, -0.05) is 0 Å². The van der Waals surface area contributed by atoms with Crippen LogP contribution in [0.3, 0.4) is 0 Å². The highest BCUT2D eigenvalue weighted by molar-refractivity contribution is 7.10. The molecule has 1 atom stereocenters. The average molecular weight is 307 g/mol. The van der Waals surface area contributed by atoms with Crippen LogP contribution in [0.2, 0.25) is 0 Å². The van der Waals surface area contributed by atoms with Gasteiger partial charge in [-0.15, -0.1) is 0 Å². The molecule has 1 fully saturated rings. The number of hydrogen-bond acceptors (Lipinski definition) is 6. The largest absolute Gasteiger partial charge is 0.467 e. The fourth-order valence-electron chi connectivity index (χ4n) is 2.43. The van der Waals surface area contributed by atoms with Gasteiger partial charge in [0.05, 0.1) is 30.7 Å². The van der Waals surface area contributed by atoms with Crippen LogP contribution in [-0.4, -0.2) is 41.9 Å². The molecule has 1 amide bonds. The lowest BCUT2D eigenvalue weighted by Crippen LogP contribution is -2.42. The van der Waals surface area contributed by atoms with Crippen molar-refractivity contribution in [1.29, 1.82) is 0 Å². The molecule has 1 unspecified atom stereocenters. The third-order valence-corrected chi connectivity index (χ3v) is 4.47. The Labute approximate surface area is 126 Å². The summed E-state index contributed by atoms with van der Waals surface area (Å²) in [6.07, 6.45) is 1.41. The number of morpholine rings is 1. The van der Waals surface area contributed by atoms with Crippen molar-refractivity contribution in [2.75, 3.05) is 32.1 Å². The molecular weight excluding hydrogens is 290 g/mol. The predicted octanol–water partition coefficient (Wildman–Crippen LogP) is 2.30. The summed E-state index contributed by atoms with van der Waals surface area (Å²) in [5.74, 6) is 0.743. The van der Waals surface area contributed by atoms with Crippen LogP contribution in [0, 0.1) is 6.92 Å². The summed E-state index contributed by atoms with van der Waals surface area (Å²) < 4.78 is 15.3. The average Bonchev–Trinajstić information content (AvgIpc) is 3.16. The molecule has 1 aliphatic heterocycles. The molecule has 0 bridgehead atoms. The SMILES string of the molecule is CNc1snc(C)c1C(=O)N1CCOC(c2ccco2)C1. The molecule has 21 heavy (non-hydrogen) atoms. The predicted molar refractivity (Wildman–Crippen MR) is 79.7 cm³/mol. The summed E-state index contributed by atoms with van der Waals surface area (Å²) in [4.78, 5) is 14.5. The van der Waals surface area contributed by atoms with E-state index in [0.717, 1.165) is 16.5 Å². The van der Waals surface area contributed by atoms with E-state index in [9.17, 15) is 4.79 Å². The zero-order valence-electron chi connectivity index (χ0n) is 12.0. The van der Waals surface area contributed by atoms with Crippen molar-refractivity contribution in [1.82, 2.24) is 9.27 Å². The number of rotatable bonds is 3. The molecule has 0 aliphatic carbocycles. The van der Waals surface area contributed by atoms with E-state index in [1.165, 1.54) is 11.5 Å². The Morgan fingerprint density at radius 3 is 3.14 bits per heavy atom. The highest BCUT2D eigenvalue weighted by Gasteiger charge is 2.30. The van der Waals surface area contributed by atoms with Gasteiger partial charge < -0.3 is 19.4 Å². The first-order chi connectivity index (χ1) is 10.2. The highest BCUT2D eigenvalue weighted by Crippen LogP contribution is 2.28. The van der Waals surface area contributed by atoms with Gasteiger partial charge >= 0.3 is 0 Å². The van der Waals surface area contributed by atoms with E-state index in [-0.39, 0.29) is 12.0 Å². The number of furan rings is 1. The minimum atomic E-state index is -0.206. The molecule has 0 saturated carbocycles. The molecule has 0 radical (unpaired) electrons. The molecule has 7 heteroatoms. The zero-order valence-corrected chi connectivity index (χ0v) is 12.8. The fourth-order valence-corrected chi connectivity index (χ4v) is 3.17. The maximum Gasteiger partial charge on any atom is 0.258 e. The van der Waals surface area contributed by atoms with Crippen molar-refractivity contribution < 1.29 is 13.9 Å². The number of aromatic nitrogens is 1. The molecule has 1 N–H and O–H groups in total. The monoisotopic (exact) mass is 307 g/mol. The summed E-state index contributed by atoms with van der Waals surface area (Å²) in [6.45, 7) is 3.43. The van der Waals surface area contributed by atoms with E-state index in [0.29, 0.717) is 25.3 Å². The second-order valence-corrected chi connectivity index (χ2v) is 5.62. The molecule has 3 rings (SSSR count). The first-order valence-corrected chi connectivity index (χ1v) is 7.56. The lowest BCUT2D eigenvalue weighted by molar-refractivity contribution is -0.0321. The van der Waals surface area contributed by atoms with E-state index in [4.69, 9.17) is 9.15 Å². The number of anilines is 1. The maximum absolute atomic E-state index is 12.7. The number of nitrogens with one attached hydrogen (secondary N) is 1. The summed E-state index contributed by atoms with van der Waals surface area (Å²) >= 11 is 1.31. The van der Waals surface area contributed by atoms with E-state index in [1.807, 2.05) is 19.1 Å². The topological polar surface area (TPSA) is 67.6 Å². The summed E-state index contributed by atoms with van der Waals surface area (Å²) in [5, 5.41) is 3.84. The number of amides is 1. The van der Waals surface area contributed by atoms with Crippen LogP contribution >= 0.6 is 11.5 Å². The lowest BCUT2D eigenvalue weighted by Gasteiger charge is -2.32. The second-order valence-electron chi connectivity index (χ2n) is 4.85. The summed E-state index contributed by atoms with van der Waals surface area (Å²) in [6, 6.07) is 3.70. The van der Waals surface area contributed by atoms with Gasteiger partial charge in [0.15, 0.2) is 0 Å². The molecule has 0 spiro atoms. The van der Waals surface area contributed by atoms with Crippen LogP contribution < -0.4 is 5.32 Å². The van der Waals surface area contributed by atoms with Crippen LogP contribution in [0.15, 0.2) is 22.8 Å². The van der Waals surface area contributed by atoms with Crippen LogP contribution in [0.1, 0.15) is 27.9 Å². The van der Waals surface area contributed by atoms with E-state index < -0.39 is 0 Å². The van der Waals surface area contributed by atoms with Gasteiger partial charge in [0, 0.05) is 13.6 Å². The summed E-state index contributed by atoms with van der Waals surface area (Å²) in [7, 11) is 1.80. The first kappa shape index (κ1) is 14.1. The molecule has 112 valence electrons. The smallest absolute Gasteiger partial charge is 0.258 e. The number of aryl methyl sites for hydroxylation is 1. The normalized spacial score (nSPS) is 18.8. The minimum absolute atomic E-state index is 0.00884. The Balaban J connectivity index is 1.80. The van der Waals surface area contributed by atoms with E-state index in [2.05, 4.69) is 9.69 Å². The lowest BCUT2D eigenvalue weighted by atomic mass is 10.1. The van der Waals surface area contributed by atoms with E-state index >= 15 is 0 Å². The van der Waals surface area contributed by atoms with Crippen LogP contribution in [-0.2, 0) is 4.74 Å². The van der Waals surface area contributed by atoms with Gasteiger partial charge in [-0.2, -0.15) is 4.37 Å². The van der Waals surface area contributed by atoms with Crippen molar-refractivity contribution in [3.8, 4) is 0 Å². The highest BCUT2D eigenvalue weighted by atomic mass is 32.1. The first-order valence-electron chi connectivity index (χ1n) is 6.79. The Hall–Kier alpha value is -1.86. The molecule has 2 aromatic heterocycles. The van der Waals surface area contributed by atoms with E-state index in [1.54, 1.807) is 18.2 Å². The molecule has 1 aliphatic rings. The zero-order chi connectivity index (χ0) is 14.8. The third kappa shape index (κ3) is 2.66. The van der Waals surface area contributed by atoms with Gasteiger partial charge in [-0.05, 0) is 30.6 Å². The third-order valence-electron chi connectivity index (χ3n) is 3.52. The van der Waals surface area contributed by atoms with Gasteiger partial charge in [0.25, 0.3) is 5.91 Å². The van der Waals surface area contributed by atoms with Gasteiger partial charge in [0.2, 0.25) is 0 Å². The number of hydrogen-bond donors (Lipinski definition) is 1. The number of carbonyl (C=O) groups excluding carboxylic acids is 1. The van der Waals surface area contributed by atoms with Crippen molar-refractivity contribution in [2.24, 2.45) is 0 Å².